The maximum absolute atomic E-state index is 13.1. The number of anilines is 1. The fourth-order valence-electron chi connectivity index (χ4n) is 3.74. The highest BCUT2D eigenvalue weighted by Crippen LogP contribution is 2.23. The highest BCUT2D eigenvalue weighted by Gasteiger charge is 2.22. The molecule has 7 heteroatoms. The molecule has 1 heterocycles. The number of methoxy groups -OCH3 is 1. The number of imidazole rings is 1. The van der Waals surface area contributed by atoms with Gasteiger partial charge in [0.05, 0.1) is 24.2 Å². The van der Waals surface area contributed by atoms with Gasteiger partial charge in [0.25, 0.3) is 5.91 Å². The number of hydrogen-bond donors (Lipinski definition) is 1. The summed E-state index contributed by atoms with van der Waals surface area (Å²) in [5.74, 6) is 0.893. The summed E-state index contributed by atoms with van der Waals surface area (Å²) in [6.07, 6.45) is 0. The van der Waals surface area contributed by atoms with E-state index in [0.717, 1.165) is 16.7 Å². The number of likely N-dealkylation sites (N-methyl/N-ethyl adjacent to an activating group) is 1. The van der Waals surface area contributed by atoms with E-state index >= 15 is 0 Å². The van der Waals surface area contributed by atoms with E-state index in [9.17, 15) is 9.59 Å². The minimum atomic E-state index is -0.425. The molecule has 0 spiro atoms. The number of hydrogen-bond acceptors (Lipinski definition) is 4. The predicted molar refractivity (Wildman–Crippen MR) is 128 cm³/mol. The summed E-state index contributed by atoms with van der Waals surface area (Å²) in [6.45, 7) is 1.96. The molecule has 0 radical (unpaired) electrons. The summed E-state index contributed by atoms with van der Waals surface area (Å²) in [5.41, 5.74) is 2.91. The largest absolute Gasteiger partial charge is 0.497 e. The van der Waals surface area contributed by atoms with Crippen LogP contribution < -0.4 is 15.0 Å². The Bertz CT molecular complexity index is 1280. The number of nitrogens with one attached hydrogen (secondary N) is 1. The van der Waals surface area contributed by atoms with Crippen LogP contribution in [-0.2, 0) is 11.3 Å². The topological polar surface area (TPSA) is 76.5 Å². The van der Waals surface area contributed by atoms with Crippen molar-refractivity contribution in [2.45, 2.75) is 19.5 Å². The first kappa shape index (κ1) is 22.1. The van der Waals surface area contributed by atoms with Crippen molar-refractivity contribution in [2.24, 2.45) is 0 Å². The molecule has 0 saturated heterocycles. The van der Waals surface area contributed by atoms with Gasteiger partial charge >= 0.3 is 0 Å². The van der Waals surface area contributed by atoms with E-state index < -0.39 is 6.04 Å². The van der Waals surface area contributed by atoms with Gasteiger partial charge in [-0.25, -0.2) is 4.98 Å². The van der Waals surface area contributed by atoms with Gasteiger partial charge < -0.3 is 19.5 Å². The standard InChI is InChI=1S/C26H26N4O3/c1-18(27-26(32)19-10-9-13-21(16-19)33-3)25-28-22-14-7-8-15-23(22)30(25)17-24(31)29(2)20-11-5-4-6-12-20/h4-16,18H,17H2,1-3H3,(H,27,32). The fraction of sp³-hybridized carbons (Fsp3) is 0.192. The van der Waals surface area contributed by atoms with Crippen LogP contribution in [0.25, 0.3) is 11.0 Å². The van der Waals surface area contributed by atoms with Crippen LogP contribution in [0.5, 0.6) is 5.75 Å². The Morgan fingerprint density at radius 2 is 1.76 bits per heavy atom. The number of carbonyl (C=O) groups excluding carboxylic acids is 2. The normalized spacial score (nSPS) is 11.7. The highest BCUT2D eigenvalue weighted by molar-refractivity contribution is 5.95. The van der Waals surface area contributed by atoms with Gasteiger partial charge in [-0.2, -0.15) is 0 Å². The molecule has 4 aromatic rings. The van der Waals surface area contributed by atoms with E-state index in [4.69, 9.17) is 9.72 Å². The van der Waals surface area contributed by atoms with Crippen LogP contribution >= 0.6 is 0 Å². The monoisotopic (exact) mass is 442 g/mol. The van der Waals surface area contributed by atoms with Crippen LogP contribution in [0.3, 0.4) is 0 Å². The first-order chi connectivity index (χ1) is 16.0. The summed E-state index contributed by atoms with van der Waals surface area (Å²) < 4.78 is 7.09. The van der Waals surface area contributed by atoms with E-state index in [0.29, 0.717) is 17.1 Å². The molecule has 3 aromatic carbocycles. The number of rotatable bonds is 7. The second-order valence-electron chi connectivity index (χ2n) is 7.76. The molecule has 0 aliphatic carbocycles. The minimum absolute atomic E-state index is 0.0862. The number of amides is 2. The third-order valence-electron chi connectivity index (χ3n) is 5.56. The zero-order valence-corrected chi connectivity index (χ0v) is 18.9. The number of ether oxygens (including phenoxy) is 1. The summed E-state index contributed by atoms with van der Waals surface area (Å²) in [5, 5.41) is 3.00. The van der Waals surface area contributed by atoms with Crippen LogP contribution in [0, 0.1) is 0 Å². The van der Waals surface area contributed by atoms with E-state index in [1.807, 2.05) is 66.1 Å². The average Bonchev–Trinajstić information content (AvgIpc) is 3.22. The third-order valence-corrected chi connectivity index (χ3v) is 5.56. The second-order valence-corrected chi connectivity index (χ2v) is 7.76. The lowest BCUT2D eigenvalue weighted by atomic mass is 10.2. The lowest BCUT2D eigenvalue weighted by molar-refractivity contribution is -0.118. The summed E-state index contributed by atoms with van der Waals surface area (Å²) in [7, 11) is 3.32. The number of nitrogens with zero attached hydrogens (tertiary/aromatic N) is 3. The van der Waals surface area contributed by atoms with Crippen LogP contribution in [0.2, 0.25) is 0 Å². The lowest BCUT2D eigenvalue weighted by Crippen LogP contribution is -2.33. The molecule has 0 bridgehead atoms. The fourth-order valence-corrected chi connectivity index (χ4v) is 3.74. The zero-order valence-electron chi connectivity index (χ0n) is 18.9. The predicted octanol–water partition coefficient (Wildman–Crippen LogP) is 4.20. The number of benzene rings is 3. The van der Waals surface area contributed by atoms with Crippen LogP contribution in [0.15, 0.2) is 78.9 Å². The SMILES string of the molecule is COc1cccc(C(=O)NC(C)c2nc3ccccc3n2CC(=O)N(C)c2ccccc2)c1. The first-order valence-corrected chi connectivity index (χ1v) is 10.7. The second kappa shape index (κ2) is 9.56. The molecule has 7 nitrogen and oxygen atoms in total. The van der Waals surface area contributed by atoms with Crippen molar-refractivity contribution in [1.29, 1.82) is 0 Å². The number of aromatic nitrogens is 2. The van der Waals surface area contributed by atoms with Gasteiger partial charge in [0.15, 0.2) is 0 Å². The maximum Gasteiger partial charge on any atom is 0.251 e. The molecular weight excluding hydrogens is 416 g/mol. The molecule has 0 aliphatic heterocycles. The first-order valence-electron chi connectivity index (χ1n) is 10.7. The molecule has 0 aliphatic rings. The Kier molecular flexibility index (Phi) is 6.40. The number of fused-ring (bicyclic) bond motifs is 1. The molecule has 1 unspecified atom stereocenters. The summed E-state index contributed by atoms with van der Waals surface area (Å²) >= 11 is 0. The van der Waals surface area contributed by atoms with Crippen molar-refractivity contribution >= 4 is 28.5 Å². The van der Waals surface area contributed by atoms with Crippen LogP contribution in [0.1, 0.15) is 29.1 Å². The van der Waals surface area contributed by atoms with Gasteiger partial charge in [0, 0.05) is 18.3 Å². The van der Waals surface area contributed by atoms with Gasteiger partial charge in [0.1, 0.15) is 18.1 Å². The van der Waals surface area contributed by atoms with E-state index in [2.05, 4.69) is 5.32 Å². The molecular formula is C26H26N4O3. The van der Waals surface area contributed by atoms with Gasteiger partial charge in [-0.3, -0.25) is 9.59 Å². The Morgan fingerprint density at radius 3 is 2.52 bits per heavy atom. The minimum Gasteiger partial charge on any atom is -0.497 e. The van der Waals surface area contributed by atoms with Crippen molar-refractivity contribution in [1.82, 2.24) is 14.9 Å². The van der Waals surface area contributed by atoms with Crippen molar-refractivity contribution in [3.8, 4) is 5.75 Å². The van der Waals surface area contributed by atoms with Crippen molar-refractivity contribution in [3.63, 3.8) is 0 Å². The Hall–Kier alpha value is -4.13. The zero-order chi connectivity index (χ0) is 23.4. The van der Waals surface area contributed by atoms with E-state index in [1.54, 1.807) is 43.3 Å². The average molecular weight is 443 g/mol. The van der Waals surface area contributed by atoms with Gasteiger partial charge in [-0.15, -0.1) is 0 Å². The Balaban J connectivity index is 1.61. The summed E-state index contributed by atoms with van der Waals surface area (Å²) in [6, 6.07) is 23.7. The van der Waals surface area contributed by atoms with Crippen molar-refractivity contribution in [3.05, 3.63) is 90.3 Å². The Labute approximate surface area is 192 Å². The molecule has 2 amide bonds. The number of carbonyl (C=O) groups is 2. The quantitative estimate of drug-likeness (QED) is 0.465. The molecule has 0 saturated carbocycles. The van der Waals surface area contributed by atoms with E-state index in [1.165, 1.54) is 0 Å². The maximum atomic E-state index is 13.1. The smallest absolute Gasteiger partial charge is 0.251 e. The number of para-hydroxylation sites is 3. The molecule has 1 aromatic heterocycles. The summed E-state index contributed by atoms with van der Waals surface area (Å²) in [4.78, 5) is 32.3. The van der Waals surface area contributed by atoms with Gasteiger partial charge in [0.2, 0.25) is 5.91 Å². The third kappa shape index (κ3) is 4.72. The van der Waals surface area contributed by atoms with Crippen molar-refractivity contribution < 1.29 is 14.3 Å². The van der Waals surface area contributed by atoms with E-state index in [-0.39, 0.29) is 18.4 Å². The van der Waals surface area contributed by atoms with Gasteiger partial charge in [-0.05, 0) is 49.4 Å². The molecule has 1 atom stereocenters. The van der Waals surface area contributed by atoms with Crippen LogP contribution in [0.4, 0.5) is 5.69 Å². The highest BCUT2D eigenvalue weighted by atomic mass is 16.5. The van der Waals surface area contributed by atoms with Crippen molar-refractivity contribution in [2.75, 3.05) is 19.1 Å². The molecule has 0 fully saturated rings. The molecule has 33 heavy (non-hydrogen) atoms. The Morgan fingerprint density at radius 1 is 1.03 bits per heavy atom. The molecule has 4 rings (SSSR count). The van der Waals surface area contributed by atoms with Crippen LogP contribution in [-0.4, -0.2) is 35.5 Å². The van der Waals surface area contributed by atoms with Gasteiger partial charge in [-0.1, -0.05) is 36.4 Å². The molecule has 168 valence electrons. The lowest BCUT2D eigenvalue weighted by Gasteiger charge is -2.20. The molecule has 1 N–H and O–H groups in total.